The molecule has 4 nitrogen and oxygen atoms in total. The molecule has 4 heteroatoms. The Morgan fingerprint density at radius 3 is 2.33 bits per heavy atom. The van der Waals surface area contributed by atoms with E-state index in [4.69, 9.17) is 0 Å². The molecule has 1 heterocycles. The number of carbonyl (C=O) groups is 2. The van der Waals surface area contributed by atoms with Gasteiger partial charge < -0.3 is 0 Å². The summed E-state index contributed by atoms with van der Waals surface area (Å²) in [6.45, 7) is 2.30. The Morgan fingerprint density at radius 1 is 1.50 bits per heavy atom. The molecule has 0 spiro atoms. The van der Waals surface area contributed by atoms with Crippen molar-refractivity contribution in [1.29, 1.82) is 0 Å². The van der Waals surface area contributed by atoms with Crippen LogP contribution < -0.4 is 0 Å². The average Bonchev–Trinajstić information content (AvgIpc) is 2.27. The predicted octanol–water partition coefficient (Wildman–Crippen LogP) is -0.305. The van der Waals surface area contributed by atoms with Crippen molar-refractivity contribution in [1.82, 2.24) is 9.80 Å². The highest BCUT2D eigenvalue weighted by Gasteiger charge is 2.38. The van der Waals surface area contributed by atoms with E-state index in [1.54, 1.807) is 4.90 Å². The lowest BCUT2D eigenvalue weighted by Crippen LogP contribution is -2.37. The zero-order valence-corrected chi connectivity index (χ0v) is 7.70. The van der Waals surface area contributed by atoms with Gasteiger partial charge in [0.25, 0.3) is 0 Å². The molecule has 0 aromatic heterocycles. The average molecular weight is 170 g/mol. The summed E-state index contributed by atoms with van der Waals surface area (Å²) in [4.78, 5) is 25.8. The lowest BCUT2D eigenvalue weighted by molar-refractivity contribution is -0.139. The molecule has 0 aromatic rings. The van der Waals surface area contributed by atoms with Crippen LogP contribution in [0.3, 0.4) is 0 Å². The fourth-order valence-electron chi connectivity index (χ4n) is 1.40. The third-order valence-corrected chi connectivity index (χ3v) is 2.16. The van der Waals surface area contributed by atoms with E-state index < -0.39 is 0 Å². The van der Waals surface area contributed by atoms with Crippen LogP contribution in [0.2, 0.25) is 0 Å². The molecule has 0 bridgehead atoms. The normalized spacial score (nSPS) is 24.3. The van der Waals surface area contributed by atoms with E-state index in [-0.39, 0.29) is 17.9 Å². The van der Waals surface area contributed by atoms with Crippen LogP contribution in [-0.2, 0) is 9.59 Å². The second-order valence-corrected chi connectivity index (χ2v) is 3.16. The Hall–Kier alpha value is -0.900. The van der Waals surface area contributed by atoms with Crippen molar-refractivity contribution >= 4 is 11.8 Å². The third-order valence-electron chi connectivity index (χ3n) is 2.16. The van der Waals surface area contributed by atoms with Crippen LogP contribution in [0.1, 0.15) is 13.3 Å². The van der Waals surface area contributed by atoms with E-state index in [1.807, 2.05) is 21.0 Å². The molecule has 1 rings (SSSR count). The van der Waals surface area contributed by atoms with Crippen LogP contribution in [0.5, 0.6) is 0 Å². The van der Waals surface area contributed by atoms with Crippen LogP contribution in [0.15, 0.2) is 0 Å². The number of carbonyl (C=O) groups excluding carboxylic acids is 2. The van der Waals surface area contributed by atoms with E-state index in [2.05, 4.69) is 0 Å². The molecule has 12 heavy (non-hydrogen) atoms. The topological polar surface area (TPSA) is 40.6 Å². The fraction of sp³-hybridized carbons (Fsp3) is 0.750. The second-order valence-electron chi connectivity index (χ2n) is 3.16. The molecule has 0 aliphatic carbocycles. The molecule has 1 atom stereocenters. The molecule has 68 valence electrons. The smallest absolute Gasteiger partial charge is 0.247 e. The highest BCUT2D eigenvalue weighted by molar-refractivity contribution is 6.05. The summed E-state index contributed by atoms with van der Waals surface area (Å²) in [5, 5.41) is 0. The van der Waals surface area contributed by atoms with Crippen LogP contribution in [0.25, 0.3) is 0 Å². The zero-order chi connectivity index (χ0) is 9.30. The van der Waals surface area contributed by atoms with Crippen LogP contribution in [0, 0.1) is 0 Å². The van der Waals surface area contributed by atoms with Gasteiger partial charge >= 0.3 is 0 Å². The fourth-order valence-corrected chi connectivity index (χ4v) is 1.40. The highest BCUT2D eigenvalue weighted by Crippen LogP contribution is 2.15. The summed E-state index contributed by atoms with van der Waals surface area (Å²) in [5.41, 5.74) is 0. The number of nitrogens with zero attached hydrogens (tertiary/aromatic N) is 2. The Morgan fingerprint density at radius 2 is 2.08 bits per heavy atom. The van der Waals surface area contributed by atoms with Crippen LogP contribution in [-0.4, -0.2) is 48.3 Å². The van der Waals surface area contributed by atoms with Gasteiger partial charge in [-0.1, -0.05) is 0 Å². The lowest BCUT2D eigenvalue weighted by Gasteiger charge is -2.16. The molecule has 0 N–H and O–H groups in total. The molecule has 2 amide bonds. The Kier molecular flexibility index (Phi) is 2.47. The Labute approximate surface area is 72.1 Å². The van der Waals surface area contributed by atoms with Crippen molar-refractivity contribution in [3.8, 4) is 0 Å². The monoisotopic (exact) mass is 170 g/mol. The molecular formula is C8H14N2O2. The van der Waals surface area contributed by atoms with Gasteiger partial charge in [0.2, 0.25) is 11.8 Å². The predicted molar refractivity (Wildman–Crippen MR) is 44.5 cm³/mol. The van der Waals surface area contributed by atoms with E-state index in [0.717, 1.165) is 0 Å². The molecule has 1 fully saturated rings. The second kappa shape index (κ2) is 3.23. The van der Waals surface area contributed by atoms with Gasteiger partial charge in [0.1, 0.15) is 0 Å². The molecule has 1 aliphatic rings. The molecule has 1 unspecified atom stereocenters. The van der Waals surface area contributed by atoms with Crippen molar-refractivity contribution in [3.63, 3.8) is 0 Å². The third kappa shape index (κ3) is 1.34. The van der Waals surface area contributed by atoms with Gasteiger partial charge in [0.15, 0.2) is 0 Å². The minimum absolute atomic E-state index is 0.0544. The quantitative estimate of drug-likeness (QED) is 0.534. The van der Waals surface area contributed by atoms with Gasteiger partial charge in [-0.25, -0.2) is 0 Å². The first-order valence-electron chi connectivity index (χ1n) is 4.08. The number of rotatable bonds is 2. The largest absolute Gasteiger partial charge is 0.298 e. The van der Waals surface area contributed by atoms with Crippen molar-refractivity contribution < 1.29 is 9.59 Å². The van der Waals surface area contributed by atoms with E-state index in [9.17, 15) is 9.59 Å². The first-order valence-corrected chi connectivity index (χ1v) is 4.08. The molecule has 0 aromatic carbocycles. The molecule has 1 saturated heterocycles. The molecule has 0 saturated carbocycles. The molecule has 1 aliphatic heterocycles. The number of imide groups is 1. The minimum Gasteiger partial charge on any atom is -0.298 e. The maximum absolute atomic E-state index is 11.5. The summed E-state index contributed by atoms with van der Waals surface area (Å²) in [5.74, 6) is -0.117. The van der Waals surface area contributed by atoms with Crippen molar-refractivity contribution in [2.75, 3.05) is 20.6 Å². The van der Waals surface area contributed by atoms with Gasteiger partial charge in [0.05, 0.1) is 12.5 Å². The maximum atomic E-state index is 11.5. The van der Waals surface area contributed by atoms with Crippen molar-refractivity contribution in [2.24, 2.45) is 0 Å². The summed E-state index contributed by atoms with van der Waals surface area (Å²) < 4.78 is 0. The first kappa shape index (κ1) is 9.19. The summed E-state index contributed by atoms with van der Waals surface area (Å²) in [7, 11) is 3.63. The minimum atomic E-state index is -0.238. The lowest BCUT2D eigenvalue weighted by atomic mass is 10.2. The van der Waals surface area contributed by atoms with Crippen LogP contribution in [0.4, 0.5) is 0 Å². The summed E-state index contributed by atoms with van der Waals surface area (Å²) >= 11 is 0. The number of likely N-dealkylation sites (tertiary alicyclic amines) is 1. The Bertz CT molecular complexity index is 213. The van der Waals surface area contributed by atoms with Gasteiger partial charge in [-0.3, -0.25) is 19.4 Å². The highest BCUT2D eigenvalue weighted by atomic mass is 16.2. The number of hydrogen-bond acceptors (Lipinski definition) is 3. The van der Waals surface area contributed by atoms with Gasteiger partial charge in [-0.15, -0.1) is 0 Å². The first-order chi connectivity index (χ1) is 5.57. The molecular weight excluding hydrogens is 156 g/mol. The standard InChI is InChI=1S/C8H14N2O2/c1-4-10-7(11)5-6(8(10)12)9(2)3/h6H,4-5H2,1-3H3. The summed E-state index contributed by atoms with van der Waals surface area (Å²) in [6, 6.07) is -0.238. The van der Waals surface area contributed by atoms with E-state index in [1.165, 1.54) is 4.90 Å². The summed E-state index contributed by atoms with van der Waals surface area (Å²) in [6.07, 6.45) is 0.333. The van der Waals surface area contributed by atoms with E-state index >= 15 is 0 Å². The Balaban J connectivity index is 2.75. The van der Waals surface area contributed by atoms with Gasteiger partial charge in [-0.2, -0.15) is 0 Å². The van der Waals surface area contributed by atoms with Crippen molar-refractivity contribution in [2.45, 2.75) is 19.4 Å². The SMILES string of the molecule is CCN1C(=O)CC(N(C)C)C1=O. The van der Waals surface area contributed by atoms with Crippen LogP contribution >= 0.6 is 0 Å². The number of amides is 2. The zero-order valence-electron chi connectivity index (χ0n) is 7.70. The van der Waals surface area contributed by atoms with Gasteiger partial charge in [0, 0.05) is 6.54 Å². The maximum Gasteiger partial charge on any atom is 0.247 e. The molecule has 0 radical (unpaired) electrons. The number of hydrogen-bond donors (Lipinski definition) is 0. The van der Waals surface area contributed by atoms with E-state index in [0.29, 0.717) is 13.0 Å². The van der Waals surface area contributed by atoms with Crippen molar-refractivity contribution in [3.05, 3.63) is 0 Å². The number of likely N-dealkylation sites (N-methyl/N-ethyl adjacent to an activating group) is 2. The van der Waals surface area contributed by atoms with Gasteiger partial charge in [-0.05, 0) is 21.0 Å².